The van der Waals surface area contributed by atoms with E-state index in [4.69, 9.17) is 0 Å². The Balaban J connectivity index is 1.39. The summed E-state index contributed by atoms with van der Waals surface area (Å²) in [5.41, 5.74) is 1.40. The van der Waals surface area contributed by atoms with Gasteiger partial charge < -0.3 is 5.11 Å². The van der Waals surface area contributed by atoms with E-state index in [1.54, 1.807) is 0 Å². The molecule has 1 aromatic heterocycles. The lowest BCUT2D eigenvalue weighted by molar-refractivity contribution is 0.0417. The van der Waals surface area contributed by atoms with Gasteiger partial charge in [0.25, 0.3) is 0 Å². The van der Waals surface area contributed by atoms with Gasteiger partial charge in [-0.25, -0.2) is 0 Å². The molecule has 1 aliphatic rings. The lowest BCUT2D eigenvalue weighted by Crippen LogP contribution is -2.42. The number of hydrogen-bond acceptors (Lipinski definition) is 3. The van der Waals surface area contributed by atoms with Crippen LogP contribution in [0.15, 0.2) is 60.7 Å². The summed E-state index contributed by atoms with van der Waals surface area (Å²) < 4.78 is 1.38. The lowest BCUT2D eigenvalue weighted by atomic mass is 9.74. The molecular weight excluding hydrogens is 326 g/mol. The zero-order valence-electron chi connectivity index (χ0n) is 14.5. The van der Waals surface area contributed by atoms with Gasteiger partial charge in [0.1, 0.15) is 0 Å². The Morgan fingerprint density at radius 1 is 0.960 bits per heavy atom. The summed E-state index contributed by atoms with van der Waals surface area (Å²) >= 11 is 1.91. The maximum Gasteiger partial charge on any atom is 0.0491 e. The number of hydrogen-bond donors (Lipinski definition) is 1. The van der Waals surface area contributed by atoms with E-state index < -0.39 is 0 Å². The number of nitrogens with zero attached hydrogens (tertiary/aromatic N) is 1. The summed E-state index contributed by atoms with van der Waals surface area (Å²) in [6, 6.07) is 21.6. The molecule has 1 saturated heterocycles. The first-order valence-corrected chi connectivity index (χ1v) is 9.93. The van der Waals surface area contributed by atoms with Crippen molar-refractivity contribution >= 4 is 21.4 Å². The molecule has 0 amide bonds. The molecule has 2 aromatic carbocycles. The number of aliphatic hydroxyl groups excluding tert-OH is 1. The van der Waals surface area contributed by atoms with Crippen LogP contribution in [0.2, 0.25) is 0 Å². The van der Waals surface area contributed by atoms with E-state index in [9.17, 15) is 5.11 Å². The topological polar surface area (TPSA) is 23.5 Å². The highest BCUT2D eigenvalue weighted by atomic mass is 32.1. The van der Waals surface area contributed by atoms with E-state index in [1.165, 1.54) is 20.5 Å². The quantitative estimate of drug-likeness (QED) is 0.719. The Hall–Kier alpha value is -1.68. The summed E-state index contributed by atoms with van der Waals surface area (Å²) in [5, 5.41) is 11.4. The number of benzene rings is 2. The molecule has 3 aromatic rings. The van der Waals surface area contributed by atoms with Crippen molar-refractivity contribution in [3.05, 3.63) is 71.1 Å². The minimum absolute atomic E-state index is 0.0536. The van der Waals surface area contributed by atoms with Gasteiger partial charge in [0.15, 0.2) is 0 Å². The highest BCUT2D eigenvalue weighted by Crippen LogP contribution is 2.36. The zero-order chi connectivity index (χ0) is 17.1. The van der Waals surface area contributed by atoms with Crippen LogP contribution >= 0.6 is 11.3 Å². The fraction of sp³-hybridized carbons (Fsp3) is 0.364. The standard InChI is InChI=1S/C22H25NOS/c24-17-22(15-18-6-2-1-3-7-18)10-12-23(13-11-22)16-20-14-19-8-4-5-9-21(19)25-20/h1-9,14,24H,10-13,15-17H2. The molecule has 0 atom stereocenters. The Morgan fingerprint density at radius 3 is 2.40 bits per heavy atom. The number of rotatable bonds is 5. The Morgan fingerprint density at radius 2 is 1.68 bits per heavy atom. The van der Waals surface area contributed by atoms with Crippen molar-refractivity contribution < 1.29 is 5.11 Å². The average molecular weight is 352 g/mol. The maximum absolute atomic E-state index is 10.1. The summed E-state index contributed by atoms with van der Waals surface area (Å²) in [6.07, 6.45) is 3.13. The highest BCUT2D eigenvalue weighted by Gasteiger charge is 2.34. The van der Waals surface area contributed by atoms with Crippen LogP contribution in [-0.4, -0.2) is 29.7 Å². The number of thiophene rings is 1. The molecule has 0 radical (unpaired) electrons. The van der Waals surface area contributed by atoms with Gasteiger partial charge in [0.2, 0.25) is 0 Å². The van der Waals surface area contributed by atoms with Crippen LogP contribution in [0.1, 0.15) is 23.3 Å². The molecule has 0 bridgehead atoms. The van der Waals surface area contributed by atoms with E-state index in [1.807, 2.05) is 11.3 Å². The van der Waals surface area contributed by atoms with Crippen LogP contribution in [0.25, 0.3) is 10.1 Å². The molecular formula is C22H25NOS. The molecule has 1 fully saturated rings. The summed E-state index contributed by atoms with van der Waals surface area (Å²) in [6.45, 7) is 3.47. The SMILES string of the molecule is OCC1(Cc2ccccc2)CCN(Cc2cc3ccccc3s2)CC1. The maximum atomic E-state index is 10.1. The van der Waals surface area contributed by atoms with Crippen molar-refractivity contribution in [2.75, 3.05) is 19.7 Å². The van der Waals surface area contributed by atoms with E-state index >= 15 is 0 Å². The predicted molar refractivity (Wildman–Crippen MR) is 106 cm³/mol. The fourth-order valence-corrected chi connectivity index (χ4v) is 5.05. The molecule has 3 heteroatoms. The normalized spacial score (nSPS) is 17.8. The van der Waals surface area contributed by atoms with Crippen molar-refractivity contribution in [2.24, 2.45) is 5.41 Å². The Labute approximate surface area is 153 Å². The minimum atomic E-state index is 0.0536. The van der Waals surface area contributed by atoms with E-state index in [-0.39, 0.29) is 5.41 Å². The third-order valence-electron chi connectivity index (χ3n) is 5.53. The molecule has 4 rings (SSSR count). The molecule has 0 saturated carbocycles. The van der Waals surface area contributed by atoms with Crippen LogP contribution in [-0.2, 0) is 13.0 Å². The summed E-state index contributed by atoms with van der Waals surface area (Å²) in [4.78, 5) is 3.99. The van der Waals surface area contributed by atoms with Crippen molar-refractivity contribution in [1.29, 1.82) is 0 Å². The van der Waals surface area contributed by atoms with Crippen LogP contribution in [0.5, 0.6) is 0 Å². The van der Waals surface area contributed by atoms with Gasteiger partial charge in [0.05, 0.1) is 0 Å². The number of aliphatic hydroxyl groups is 1. The minimum Gasteiger partial charge on any atom is -0.396 e. The third kappa shape index (κ3) is 3.79. The molecule has 2 nitrogen and oxygen atoms in total. The van der Waals surface area contributed by atoms with Gasteiger partial charge >= 0.3 is 0 Å². The van der Waals surface area contributed by atoms with Crippen LogP contribution in [0, 0.1) is 5.41 Å². The third-order valence-corrected chi connectivity index (χ3v) is 6.63. The highest BCUT2D eigenvalue weighted by molar-refractivity contribution is 7.19. The number of likely N-dealkylation sites (tertiary alicyclic amines) is 1. The Kier molecular flexibility index (Phi) is 4.89. The zero-order valence-corrected chi connectivity index (χ0v) is 15.3. The number of piperidine rings is 1. The molecule has 2 heterocycles. The van der Waals surface area contributed by atoms with Crippen molar-refractivity contribution in [1.82, 2.24) is 4.90 Å². The second-order valence-corrected chi connectivity index (χ2v) is 8.52. The largest absolute Gasteiger partial charge is 0.396 e. The molecule has 1 N–H and O–H groups in total. The first-order valence-electron chi connectivity index (χ1n) is 9.11. The van der Waals surface area contributed by atoms with Gasteiger partial charge in [-0.2, -0.15) is 0 Å². The van der Waals surface area contributed by atoms with Crippen molar-refractivity contribution in [3.63, 3.8) is 0 Å². The molecule has 130 valence electrons. The predicted octanol–water partition coefficient (Wildman–Crippen LogP) is 4.72. The van der Waals surface area contributed by atoms with Crippen LogP contribution < -0.4 is 0 Å². The Bertz CT molecular complexity index is 785. The summed E-state index contributed by atoms with van der Waals surface area (Å²) in [7, 11) is 0. The van der Waals surface area contributed by atoms with E-state index in [0.717, 1.165) is 38.9 Å². The van der Waals surface area contributed by atoms with E-state index in [2.05, 4.69) is 65.6 Å². The lowest BCUT2D eigenvalue weighted by Gasteiger charge is -2.41. The first kappa shape index (κ1) is 16.8. The van der Waals surface area contributed by atoms with Crippen LogP contribution in [0.3, 0.4) is 0 Å². The molecule has 0 unspecified atom stereocenters. The summed E-state index contributed by atoms with van der Waals surface area (Å²) in [5.74, 6) is 0. The fourth-order valence-electron chi connectivity index (χ4n) is 3.94. The van der Waals surface area contributed by atoms with Gasteiger partial charge in [-0.1, -0.05) is 48.5 Å². The second-order valence-electron chi connectivity index (χ2n) is 7.35. The van der Waals surface area contributed by atoms with E-state index in [0.29, 0.717) is 6.61 Å². The average Bonchev–Trinajstić information content (AvgIpc) is 3.07. The van der Waals surface area contributed by atoms with Crippen molar-refractivity contribution in [2.45, 2.75) is 25.8 Å². The van der Waals surface area contributed by atoms with Crippen molar-refractivity contribution in [3.8, 4) is 0 Å². The number of fused-ring (bicyclic) bond motifs is 1. The van der Waals surface area contributed by atoms with Gasteiger partial charge in [-0.15, -0.1) is 11.3 Å². The smallest absolute Gasteiger partial charge is 0.0491 e. The molecule has 0 spiro atoms. The van der Waals surface area contributed by atoms with Crippen LogP contribution in [0.4, 0.5) is 0 Å². The monoisotopic (exact) mass is 351 g/mol. The molecule has 0 aliphatic carbocycles. The molecule has 25 heavy (non-hydrogen) atoms. The van der Waals surface area contributed by atoms with Gasteiger partial charge in [-0.3, -0.25) is 4.90 Å². The van der Waals surface area contributed by atoms with Gasteiger partial charge in [-0.05, 0) is 60.8 Å². The second kappa shape index (κ2) is 7.28. The van der Waals surface area contributed by atoms with Gasteiger partial charge in [0, 0.05) is 22.7 Å². The molecule has 1 aliphatic heterocycles. The first-order chi connectivity index (χ1) is 12.3.